The summed E-state index contributed by atoms with van der Waals surface area (Å²) in [5, 5.41) is 20.1. The smallest absolute Gasteiger partial charge is 0.230 e. The molecule has 3 aromatic rings. The van der Waals surface area contributed by atoms with Gasteiger partial charge in [-0.25, -0.2) is 4.98 Å². The van der Waals surface area contributed by atoms with E-state index in [-0.39, 0.29) is 5.75 Å². The molecule has 1 aromatic heterocycles. The number of azo groups is 1. The van der Waals surface area contributed by atoms with Crippen LogP contribution in [-0.4, -0.2) is 10.1 Å². The van der Waals surface area contributed by atoms with Gasteiger partial charge in [0.1, 0.15) is 5.75 Å². The van der Waals surface area contributed by atoms with Crippen LogP contribution in [0.5, 0.6) is 5.75 Å². The summed E-state index contributed by atoms with van der Waals surface area (Å²) in [6, 6.07) is 16.9. The highest BCUT2D eigenvalue weighted by atomic mass is 32.1. The Morgan fingerprint density at radius 2 is 1.76 bits per heavy atom. The summed E-state index contributed by atoms with van der Waals surface area (Å²) in [6.45, 7) is 0.473. The minimum atomic E-state index is 0.253. The van der Waals surface area contributed by atoms with E-state index in [2.05, 4.69) is 15.2 Å². The van der Waals surface area contributed by atoms with Crippen LogP contribution in [0.4, 0.5) is 5.13 Å². The average Bonchev–Trinajstić information content (AvgIpc) is 2.99. The van der Waals surface area contributed by atoms with Gasteiger partial charge in [0.2, 0.25) is 5.13 Å². The van der Waals surface area contributed by atoms with Crippen molar-refractivity contribution in [2.45, 2.75) is 6.54 Å². The third-order valence-corrected chi connectivity index (χ3v) is 3.63. The molecular formula is C16H13N3OS. The predicted octanol–water partition coefficient (Wildman–Crippen LogP) is 4.80. The number of aromatic hydroxyl groups is 1. The summed E-state index contributed by atoms with van der Waals surface area (Å²) in [4.78, 5) is 4.44. The van der Waals surface area contributed by atoms with E-state index in [1.807, 2.05) is 47.8 Å². The van der Waals surface area contributed by atoms with Gasteiger partial charge in [-0.15, -0.1) is 16.5 Å². The lowest BCUT2D eigenvalue weighted by molar-refractivity contribution is 0.475. The number of aromatic nitrogens is 1. The molecule has 0 saturated carbocycles. The van der Waals surface area contributed by atoms with Crippen LogP contribution in [0.2, 0.25) is 0 Å². The van der Waals surface area contributed by atoms with Gasteiger partial charge in [-0.2, -0.15) is 5.11 Å². The number of rotatable bonds is 4. The first-order valence-corrected chi connectivity index (χ1v) is 7.35. The first-order valence-electron chi connectivity index (χ1n) is 6.47. The Morgan fingerprint density at radius 1 is 1.00 bits per heavy atom. The summed E-state index contributed by atoms with van der Waals surface area (Å²) >= 11 is 1.47. The molecule has 0 spiro atoms. The van der Waals surface area contributed by atoms with E-state index < -0.39 is 0 Å². The largest absolute Gasteiger partial charge is 0.508 e. The van der Waals surface area contributed by atoms with Gasteiger partial charge < -0.3 is 5.11 Å². The van der Waals surface area contributed by atoms with E-state index in [0.29, 0.717) is 11.7 Å². The van der Waals surface area contributed by atoms with Gasteiger partial charge in [-0.05, 0) is 17.7 Å². The van der Waals surface area contributed by atoms with Gasteiger partial charge in [0.05, 0.1) is 12.2 Å². The van der Waals surface area contributed by atoms with Crippen LogP contribution in [0, 0.1) is 0 Å². The quantitative estimate of drug-likeness (QED) is 0.703. The van der Waals surface area contributed by atoms with Crippen LogP contribution in [0.15, 0.2) is 70.2 Å². The average molecular weight is 295 g/mol. The maximum Gasteiger partial charge on any atom is 0.230 e. The Labute approximate surface area is 126 Å². The Morgan fingerprint density at radius 3 is 2.52 bits per heavy atom. The van der Waals surface area contributed by atoms with Gasteiger partial charge in [0, 0.05) is 10.9 Å². The Balaban J connectivity index is 1.67. The Hall–Kier alpha value is -2.53. The summed E-state index contributed by atoms with van der Waals surface area (Å²) in [6.07, 6.45) is 0. The zero-order valence-electron chi connectivity index (χ0n) is 11.2. The van der Waals surface area contributed by atoms with Crippen molar-refractivity contribution in [2.75, 3.05) is 0 Å². The zero-order chi connectivity index (χ0) is 14.5. The molecule has 0 amide bonds. The van der Waals surface area contributed by atoms with Crippen molar-refractivity contribution >= 4 is 16.5 Å². The number of hydrogen-bond acceptors (Lipinski definition) is 5. The Bertz CT molecular complexity index is 736. The molecule has 0 fully saturated rings. The number of benzene rings is 2. The molecule has 5 heteroatoms. The highest BCUT2D eigenvalue weighted by molar-refractivity contribution is 7.13. The molecule has 2 aromatic carbocycles. The number of phenols is 1. The predicted molar refractivity (Wildman–Crippen MR) is 83.9 cm³/mol. The molecule has 104 valence electrons. The summed E-state index contributed by atoms with van der Waals surface area (Å²) in [5.41, 5.74) is 2.99. The molecule has 0 unspecified atom stereocenters. The number of nitrogens with zero attached hydrogens (tertiary/aromatic N) is 3. The molecule has 0 saturated heterocycles. The minimum Gasteiger partial charge on any atom is -0.508 e. The van der Waals surface area contributed by atoms with Crippen molar-refractivity contribution in [3.63, 3.8) is 0 Å². The maximum atomic E-state index is 9.21. The lowest BCUT2D eigenvalue weighted by atomic mass is 10.2. The molecule has 1 N–H and O–H groups in total. The van der Waals surface area contributed by atoms with Crippen LogP contribution in [0.1, 0.15) is 5.56 Å². The first-order chi connectivity index (χ1) is 10.3. The molecule has 0 aliphatic rings. The van der Waals surface area contributed by atoms with E-state index in [9.17, 15) is 5.11 Å². The van der Waals surface area contributed by atoms with Crippen LogP contribution in [0.25, 0.3) is 11.3 Å². The van der Waals surface area contributed by atoms with Gasteiger partial charge in [-0.1, -0.05) is 42.5 Å². The second kappa shape index (κ2) is 6.28. The molecule has 0 bridgehead atoms. The van der Waals surface area contributed by atoms with Crippen LogP contribution in [0.3, 0.4) is 0 Å². The fourth-order valence-electron chi connectivity index (χ4n) is 1.83. The van der Waals surface area contributed by atoms with Crippen molar-refractivity contribution in [2.24, 2.45) is 10.2 Å². The third kappa shape index (κ3) is 3.52. The van der Waals surface area contributed by atoms with E-state index in [0.717, 1.165) is 16.8 Å². The summed E-state index contributed by atoms with van der Waals surface area (Å²) in [5.74, 6) is 0.253. The molecule has 4 nitrogen and oxygen atoms in total. The van der Waals surface area contributed by atoms with Crippen LogP contribution < -0.4 is 0 Å². The van der Waals surface area contributed by atoms with Gasteiger partial charge in [0.25, 0.3) is 0 Å². The molecule has 3 rings (SSSR count). The van der Waals surface area contributed by atoms with Crippen LogP contribution >= 0.6 is 11.3 Å². The summed E-state index contributed by atoms with van der Waals surface area (Å²) in [7, 11) is 0. The van der Waals surface area contributed by atoms with Crippen molar-refractivity contribution < 1.29 is 5.11 Å². The maximum absolute atomic E-state index is 9.21. The molecular weight excluding hydrogens is 282 g/mol. The van der Waals surface area contributed by atoms with Crippen molar-refractivity contribution in [3.05, 3.63) is 65.5 Å². The molecule has 0 aliphatic heterocycles. The lowest BCUT2D eigenvalue weighted by Crippen LogP contribution is -1.78. The van der Waals surface area contributed by atoms with Crippen molar-refractivity contribution in [1.29, 1.82) is 0 Å². The second-order valence-electron chi connectivity index (χ2n) is 4.45. The number of phenolic OH excluding ortho intramolecular Hbond substituents is 1. The van der Waals surface area contributed by atoms with E-state index in [1.54, 1.807) is 12.1 Å². The monoisotopic (exact) mass is 295 g/mol. The fraction of sp³-hybridized carbons (Fsp3) is 0.0625. The molecule has 1 heterocycles. The zero-order valence-corrected chi connectivity index (χ0v) is 12.0. The molecule has 0 aliphatic carbocycles. The summed E-state index contributed by atoms with van der Waals surface area (Å²) < 4.78 is 0. The van der Waals surface area contributed by atoms with E-state index in [1.165, 1.54) is 11.3 Å². The number of hydrogen-bond donors (Lipinski definition) is 1. The topological polar surface area (TPSA) is 57.8 Å². The van der Waals surface area contributed by atoms with Crippen molar-refractivity contribution in [3.8, 4) is 17.0 Å². The first kappa shape index (κ1) is 13.5. The fourth-order valence-corrected chi connectivity index (χ4v) is 2.49. The molecule has 0 radical (unpaired) electrons. The van der Waals surface area contributed by atoms with E-state index >= 15 is 0 Å². The second-order valence-corrected chi connectivity index (χ2v) is 5.28. The van der Waals surface area contributed by atoms with Crippen molar-refractivity contribution in [1.82, 2.24) is 4.98 Å². The molecule has 21 heavy (non-hydrogen) atoms. The van der Waals surface area contributed by atoms with Gasteiger partial charge >= 0.3 is 0 Å². The highest BCUT2D eigenvalue weighted by Gasteiger charge is 2.02. The standard InChI is InChI=1S/C16H13N3OS/c20-14-8-6-12(7-9-14)10-17-19-16-18-15(11-21-16)13-4-2-1-3-5-13/h1-9,11,20H,10H2. The minimum absolute atomic E-state index is 0.253. The number of thiazole rings is 1. The SMILES string of the molecule is Oc1ccc(CN=Nc2nc(-c3ccccc3)cs2)cc1. The lowest BCUT2D eigenvalue weighted by Gasteiger charge is -1.95. The molecule has 0 atom stereocenters. The normalized spacial score (nSPS) is 11.0. The third-order valence-electron chi connectivity index (χ3n) is 2.91. The van der Waals surface area contributed by atoms with E-state index in [4.69, 9.17) is 0 Å². The van der Waals surface area contributed by atoms with Gasteiger partial charge in [0.15, 0.2) is 0 Å². The van der Waals surface area contributed by atoms with Crippen LogP contribution in [-0.2, 0) is 6.54 Å². The highest BCUT2D eigenvalue weighted by Crippen LogP contribution is 2.26. The Kier molecular flexibility index (Phi) is 4.02. The van der Waals surface area contributed by atoms with Gasteiger partial charge in [-0.3, -0.25) is 0 Å².